The highest BCUT2D eigenvalue weighted by molar-refractivity contribution is 8.00. The Hall–Kier alpha value is 0.350. The van der Waals surface area contributed by atoms with Crippen molar-refractivity contribution in [1.29, 1.82) is 0 Å². The molecule has 5 fully saturated rings. The fourth-order valence-electron chi connectivity index (χ4n) is 9.80. The van der Waals surface area contributed by atoms with E-state index >= 15 is 0 Å². The summed E-state index contributed by atoms with van der Waals surface area (Å²) in [4.78, 5) is 0. The van der Waals surface area contributed by atoms with Gasteiger partial charge in [0, 0.05) is 10.5 Å². The van der Waals surface area contributed by atoms with E-state index in [9.17, 15) is 0 Å². The highest BCUT2D eigenvalue weighted by atomic mass is 32.2. The molecule has 5 rings (SSSR count). The van der Waals surface area contributed by atoms with Crippen LogP contribution in [0.4, 0.5) is 0 Å². The highest BCUT2D eigenvalue weighted by Crippen LogP contribution is 2.64. The molecule has 1 heterocycles. The molecular formula is C31H54S. The van der Waals surface area contributed by atoms with Crippen molar-refractivity contribution in [2.24, 2.45) is 33.5 Å². The minimum Gasteiger partial charge on any atom is -0.155 e. The van der Waals surface area contributed by atoms with Gasteiger partial charge in [-0.2, -0.15) is 11.8 Å². The molecule has 1 heteroatoms. The van der Waals surface area contributed by atoms with Crippen LogP contribution >= 0.6 is 11.8 Å². The van der Waals surface area contributed by atoms with E-state index in [0.29, 0.717) is 21.7 Å². The van der Waals surface area contributed by atoms with Crippen molar-refractivity contribution >= 4 is 11.8 Å². The molecule has 4 aliphatic carbocycles. The fourth-order valence-corrected chi connectivity index (χ4v) is 12.1. The Morgan fingerprint density at radius 1 is 0.438 bits per heavy atom. The molecule has 184 valence electrons. The van der Waals surface area contributed by atoms with Crippen LogP contribution in [0, 0.1) is 33.5 Å². The first-order chi connectivity index (χ1) is 15.3. The Morgan fingerprint density at radius 3 is 1.56 bits per heavy atom. The molecule has 1 saturated heterocycles. The summed E-state index contributed by atoms with van der Waals surface area (Å²) in [6.07, 6.45) is 28.8. The molecular weight excluding hydrogens is 404 g/mol. The van der Waals surface area contributed by atoms with Crippen molar-refractivity contribution < 1.29 is 0 Å². The SMILES string of the molecule is CC1(C2(C)CCC3SC4CC(C)(C5(C)CCCCC5)CCCC4C3CC2)CCCCCC1. The smallest absolute Gasteiger partial charge is 0.00866 e. The van der Waals surface area contributed by atoms with Gasteiger partial charge in [0.25, 0.3) is 0 Å². The van der Waals surface area contributed by atoms with E-state index in [1.807, 2.05) is 0 Å². The Kier molecular flexibility index (Phi) is 6.84. The Balaban J connectivity index is 1.30. The van der Waals surface area contributed by atoms with Gasteiger partial charge < -0.3 is 0 Å². The van der Waals surface area contributed by atoms with E-state index in [-0.39, 0.29) is 0 Å². The minimum absolute atomic E-state index is 0.603. The molecule has 4 saturated carbocycles. The number of fused-ring (bicyclic) bond motifs is 3. The first kappa shape index (κ1) is 24.1. The van der Waals surface area contributed by atoms with Crippen LogP contribution < -0.4 is 0 Å². The maximum atomic E-state index is 2.74. The van der Waals surface area contributed by atoms with Crippen LogP contribution in [0.3, 0.4) is 0 Å². The average molecular weight is 459 g/mol. The lowest BCUT2D eigenvalue weighted by molar-refractivity contribution is 0.0142. The predicted molar refractivity (Wildman–Crippen MR) is 142 cm³/mol. The van der Waals surface area contributed by atoms with Gasteiger partial charge >= 0.3 is 0 Å². The molecule has 0 bridgehead atoms. The summed E-state index contributed by atoms with van der Waals surface area (Å²) in [7, 11) is 0. The molecule has 6 atom stereocenters. The largest absolute Gasteiger partial charge is 0.155 e. The van der Waals surface area contributed by atoms with Crippen LogP contribution in [0.5, 0.6) is 0 Å². The summed E-state index contributed by atoms with van der Waals surface area (Å²) in [5.41, 5.74) is 2.44. The van der Waals surface area contributed by atoms with Gasteiger partial charge in [-0.25, -0.2) is 0 Å². The molecule has 1 aliphatic heterocycles. The molecule has 0 spiro atoms. The zero-order valence-corrected chi connectivity index (χ0v) is 23.0. The molecule has 0 radical (unpaired) electrons. The molecule has 32 heavy (non-hydrogen) atoms. The van der Waals surface area contributed by atoms with E-state index < -0.39 is 0 Å². The van der Waals surface area contributed by atoms with E-state index in [1.165, 1.54) is 103 Å². The van der Waals surface area contributed by atoms with Gasteiger partial charge in [0.2, 0.25) is 0 Å². The van der Waals surface area contributed by atoms with Crippen molar-refractivity contribution in [3.63, 3.8) is 0 Å². The van der Waals surface area contributed by atoms with E-state index in [2.05, 4.69) is 39.5 Å². The monoisotopic (exact) mass is 458 g/mol. The molecule has 0 aromatic rings. The third-order valence-electron chi connectivity index (χ3n) is 12.9. The second-order valence-electron chi connectivity index (χ2n) is 14.4. The molecule has 0 aromatic carbocycles. The standard InChI is InChI=1S/C31H54S/c1-28(16-8-5-6-9-17-28)30(3)21-14-25-24-13-12-20-31(4,29(2)18-10-7-11-19-29)23-27(24)32-26(25)15-22-30/h24-27H,5-23H2,1-4H3. The number of rotatable bonds is 2. The van der Waals surface area contributed by atoms with Gasteiger partial charge in [0.05, 0.1) is 0 Å². The highest BCUT2D eigenvalue weighted by Gasteiger charge is 2.54. The Morgan fingerprint density at radius 2 is 0.906 bits per heavy atom. The van der Waals surface area contributed by atoms with Crippen molar-refractivity contribution in [2.75, 3.05) is 0 Å². The first-order valence-corrected chi connectivity index (χ1v) is 15.9. The van der Waals surface area contributed by atoms with E-state index in [1.54, 1.807) is 19.3 Å². The van der Waals surface area contributed by atoms with Gasteiger partial charge in [-0.05, 0) is 104 Å². The normalized spacial score (nSPS) is 46.9. The van der Waals surface area contributed by atoms with Crippen LogP contribution in [-0.4, -0.2) is 10.5 Å². The average Bonchev–Trinajstić information content (AvgIpc) is 2.98. The van der Waals surface area contributed by atoms with Crippen molar-refractivity contribution in [3.8, 4) is 0 Å². The van der Waals surface area contributed by atoms with Gasteiger partial charge in [-0.3, -0.25) is 0 Å². The molecule has 0 nitrogen and oxygen atoms in total. The second kappa shape index (κ2) is 9.09. The zero-order valence-electron chi connectivity index (χ0n) is 22.2. The lowest BCUT2D eigenvalue weighted by Gasteiger charge is -2.50. The number of hydrogen-bond acceptors (Lipinski definition) is 1. The summed E-state index contributed by atoms with van der Waals surface area (Å²) in [5.74, 6) is 2.09. The van der Waals surface area contributed by atoms with Crippen LogP contribution in [0.15, 0.2) is 0 Å². The maximum absolute atomic E-state index is 2.74. The van der Waals surface area contributed by atoms with Gasteiger partial charge in [0.15, 0.2) is 0 Å². The van der Waals surface area contributed by atoms with Crippen molar-refractivity contribution in [2.45, 2.75) is 160 Å². The van der Waals surface area contributed by atoms with Gasteiger partial charge in [0.1, 0.15) is 0 Å². The number of hydrogen-bond donors (Lipinski definition) is 0. The van der Waals surface area contributed by atoms with Crippen LogP contribution in [0.1, 0.15) is 150 Å². The second-order valence-corrected chi connectivity index (χ2v) is 15.9. The predicted octanol–water partition coefficient (Wildman–Crippen LogP) is 10.2. The topological polar surface area (TPSA) is 0 Å². The summed E-state index contributed by atoms with van der Waals surface area (Å²) in [6.45, 7) is 10.9. The molecule has 0 aromatic heterocycles. The fraction of sp³-hybridized carbons (Fsp3) is 1.00. The van der Waals surface area contributed by atoms with E-state index in [0.717, 1.165) is 22.3 Å². The number of thioether (sulfide) groups is 1. The van der Waals surface area contributed by atoms with Crippen molar-refractivity contribution in [1.82, 2.24) is 0 Å². The van der Waals surface area contributed by atoms with Crippen LogP contribution in [0.2, 0.25) is 0 Å². The van der Waals surface area contributed by atoms with E-state index in [4.69, 9.17) is 0 Å². The molecule has 6 unspecified atom stereocenters. The van der Waals surface area contributed by atoms with Crippen LogP contribution in [-0.2, 0) is 0 Å². The summed E-state index contributed by atoms with van der Waals surface area (Å²) in [5, 5.41) is 1.97. The molecule has 0 amide bonds. The minimum atomic E-state index is 0.603. The molecule has 0 N–H and O–H groups in total. The third kappa shape index (κ3) is 4.15. The summed E-state index contributed by atoms with van der Waals surface area (Å²) >= 11 is 2.52. The van der Waals surface area contributed by atoms with Gasteiger partial charge in [-0.15, -0.1) is 0 Å². The summed E-state index contributed by atoms with van der Waals surface area (Å²) in [6, 6.07) is 0. The first-order valence-electron chi connectivity index (χ1n) is 14.9. The lowest BCUT2D eigenvalue weighted by atomic mass is 9.56. The Labute approximate surface area is 205 Å². The molecule has 5 aliphatic rings. The van der Waals surface area contributed by atoms with Gasteiger partial charge in [-0.1, -0.05) is 79.1 Å². The maximum Gasteiger partial charge on any atom is 0.00866 e. The van der Waals surface area contributed by atoms with Crippen molar-refractivity contribution in [3.05, 3.63) is 0 Å². The lowest BCUT2D eigenvalue weighted by Crippen LogP contribution is -2.41. The third-order valence-corrected chi connectivity index (χ3v) is 14.7. The van der Waals surface area contributed by atoms with Crippen LogP contribution in [0.25, 0.3) is 0 Å². The zero-order chi connectivity index (χ0) is 22.5. The quantitative estimate of drug-likeness (QED) is 0.371. The summed E-state index contributed by atoms with van der Waals surface area (Å²) < 4.78 is 0. The Bertz CT molecular complexity index is 639.